The number of likely N-dealkylation sites (tertiary alicyclic amines) is 1. The number of aromatic nitrogens is 3. The van der Waals surface area contributed by atoms with E-state index < -0.39 is 45.5 Å². The van der Waals surface area contributed by atoms with Crippen molar-refractivity contribution in [1.82, 2.24) is 19.7 Å². The maximum Gasteiger partial charge on any atom is 0.310 e. The van der Waals surface area contributed by atoms with E-state index in [0.29, 0.717) is 0 Å². The molecule has 0 spiro atoms. The topological polar surface area (TPSA) is 91.5 Å². The zero-order valence-corrected chi connectivity index (χ0v) is 18.0. The molecule has 34 heavy (non-hydrogen) atoms. The van der Waals surface area contributed by atoms with Gasteiger partial charge in [0.15, 0.2) is 11.5 Å². The number of carbonyl (C=O) groups is 1. The average molecular weight is 508 g/mol. The lowest BCUT2D eigenvalue weighted by Crippen LogP contribution is -2.48. The van der Waals surface area contributed by atoms with Crippen LogP contribution in [0.1, 0.15) is 23.3 Å². The first-order valence-electron chi connectivity index (χ1n) is 9.75. The van der Waals surface area contributed by atoms with Crippen molar-refractivity contribution in [1.29, 1.82) is 0 Å². The van der Waals surface area contributed by atoms with Gasteiger partial charge in [-0.3, -0.25) is 4.79 Å². The molecule has 1 aliphatic rings. The molecule has 0 bridgehead atoms. The highest BCUT2D eigenvalue weighted by Crippen LogP contribution is 3.02. The number of aliphatic hydroxyl groups is 2. The van der Waals surface area contributed by atoms with Crippen LogP contribution in [-0.2, 0) is 4.79 Å². The molecule has 1 fully saturated rings. The van der Waals surface area contributed by atoms with Crippen molar-refractivity contribution in [2.45, 2.75) is 16.9 Å². The van der Waals surface area contributed by atoms with Crippen LogP contribution in [0.4, 0.5) is 23.8 Å². The van der Waals surface area contributed by atoms with E-state index in [1.54, 1.807) is 0 Å². The molecule has 0 saturated carbocycles. The number of fused-ring (bicyclic) bond motifs is 1. The maximum absolute atomic E-state index is 13.2. The Balaban J connectivity index is 1.82. The Labute approximate surface area is 188 Å². The molecule has 7 nitrogen and oxygen atoms in total. The Morgan fingerprint density at radius 1 is 1.15 bits per heavy atom. The first-order chi connectivity index (χ1) is 15.6. The third-order valence-electron chi connectivity index (χ3n) is 5.47. The van der Waals surface area contributed by atoms with Crippen LogP contribution in [0.15, 0.2) is 53.8 Å². The van der Waals surface area contributed by atoms with Crippen molar-refractivity contribution < 1.29 is 38.8 Å². The van der Waals surface area contributed by atoms with Crippen LogP contribution < -0.4 is 0 Å². The first-order valence-corrected chi connectivity index (χ1v) is 11.7. The Morgan fingerprint density at radius 2 is 1.76 bits per heavy atom. The smallest absolute Gasteiger partial charge is 0.310 e. The third kappa shape index (κ3) is 4.23. The predicted octanol–water partition coefficient (Wildman–Crippen LogP) is 4.51. The van der Waals surface area contributed by atoms with E-state index in [1.165, 1.54) is 17.2 Å². The van der Waals surface area contributed by atoms with Crippen molar-refractivity contribution in [2.75, 3.05) is 19.7 Å². The quantitative estimate of drug-likeness (QED) is 0.378. The molecule has 3 aromatic rings. The lowest BCUT2D eigenvalue weighted by atomic mass is 9.92. The predicted molar refractivity (Wildman–Crippen MR) is 112 cm³/mol. The van der Waals surface area contributed by atoms with E-state index >= 15 is 0 Å². The molecule has 184 valence electrons. The van der Waals surface area contributed by atoms with Gasteiger partial charge in [0.25, 0.3) is 5.91 Å². The van der Waals surface area contributed by atoms with Crippen molar-refractivity contribution >= 4 is 27.2 Å². The van der Waals surface area contributed by atoms with Crippen LogP contribution in [0.3, 0.4) is 0 Å². The number of benzene rings is 1. The van der Waals surface area contributed by atoms with Crippen LogP contribution >= 0.6 is 10.2 Å². The molecule has 3 heterocycles. The minimum Gasteiger partial charge on any atom is -0.393 e. The Morgan fingerprint density at radius 3 is 2.29 bits per heavy atom. The summed E-state index contributed by atoms with van der Waals surface area (Å²) >= 11 is 0. The number of pyridine rings is 1. The monoisotopic (exact) mass is 508 g/mol. The molecule has 0 aliphatic carbocycles. The Bertz CT molecular complexity index is 1310. The van der Waals surface area contributed by atoms with E-state index in [9.17, 15) is 38.8 Å². The van der Waals surface area contributed by atoms with Gasteiger partial charge in [0.2, 0.25) is 0 Å². The number of aliphatic hydroxyl groups excluding tert-OH is 2. The van der Waals surface area contributed by atoms with Gasteiger partial charge >= 0.3 is 10.2 Å². The minimum absolute atomic E-state index is 0.0191. The number of amides is 1. The van der Waals surface area contributed by atoms with Crippen molar-refractivity contribution in [3.8, 4) is 5.69 Å². The normalized spacial score (nSPS) is 17.7. The summed E-state index contributed by atoms with van der Waals surface area (Å²) in [4.78, 5) is 15.0. The molecule has 1 aliphatic heterocycles. The van der Waals surface area contributed by atoms with Crippen molar-refractivity contribution in [2.24, 2.45) is 0 Å². The second kappa shape index (κ2) is 7.20. The van der Waals surface area contributed by atoms with Gasteiger partial charge in [0, 0.05) is 30.6 Å². The number of hydrogen-bond acceptors (Lipinski definition) is 5. The Hall–Kier alpha value is -3.10. The van der Waals surface area contributed by atoms with Gasteiger partial charge in [-0.2, -0.15) is 5.10 Å². The zero-order chi connectivity index (χ0) is 25.1. The van der Waals surface area contributed by atoms with Gasteiger partial charge < -0.3 is 15.1 Å². The van der Waals surface area contributed by atoms with Crippen LogP contribution in [0.2, 0.25) is 0 Å². The van der Waals surface area contributed by atoms with E-state index in [1.807, 2.05) is 0 Å². The molecule has 1 aromatic carbocycles. The lowest BCUT2D eigenvalue weighted by Gasteiger charge is -2.40. The number of rotatable bonds is 6. The molecule has 1 amide bonds. The van der Waals surface area contributed by atoms with Crippen LogP contribution in [0.5, 0.6) is 0 Å². The van der Waals surface area contributed by atoms with Gasteiger partial charge in [0.1, 0.15) is 11.0 Å². The summed E-state index contributed by atoms with van der Waals surface area (Å²) in [6.45, 7) is 2.38. The molecule has 14 heteroatoms. The highest BCUT2D eigenvalue weighted by Gasteiger charge is 2.65. The second-order valence-corrected chi connectivity index (χ2v) is 10.3. The van der Waals surface area contributed by atoms with E-state index in [0.717, 1.165) is 16.8 Å². The largest absolute Gasteiger partial charge is 0.393 e. The number of carbonyl (C=O) groups excluding carboxylic acids is 1. The van der Waals surface area contributed by atoms with Crippen LogP contribution in [0, 0.1) is 0 Å². The molecule has 2 aromatic heterocycles. The average Bonchev–Trinajstić information content (AvgIpc) is 3.10. The standard InChI is InChI=1S/C20H18F6N4O3S/c1-11(21)20(33)29-8-12(9-29)18-17-15(16(32)10-31)6-7-27-19(17)30(28-18)13-2-4-14(5-3-13)34(22,23,24,25)26/h2-7,12,16,31-32H,1,8-10H2/t16-/m0/s1. The maximum atomic E-state index is 13.2. The van der Waals surface area contributed by atoms with Gasteiger partial charge in [-0.25, -0.2) is 14.1 Å². The van der Waals surface area contributed by atoms with Crippen LogP contribution in [0.25, 0.3) is 16.7 Å². The van der Waals surface area contributed by atoms with Gasteiger partial charge in [-0.1, -0.05) is 26.0 Å². The summed E-state index contributed by atoms with van der Waals surface area (Å²) in [7, 11) is -9.87. The van der Waals surface area contributed by atoms with Crippen LogP contribution in [-0.4, -0.2) is 55.5 Å². The van der Waals surface area contributed by atoms with Gasteiger partial charge in [-0.05, 0) is 35.9 Å². The lowest BCUT2D eigenvalue weighted by molar-refractivity contribution is -0.133. The van der Waals surface area contributed by atoms with E-state index in [-0.39, 0.29) is 53.2 Å². The van der Waals surface area contributed by atoms with E-state index in [4.69, 9.17) is 0 Å². The summed E-state index contributed by atoms with van der Waals surface area (Å²) in [5, 5.41) is 24.3. The second-order valence-electron chi connectivity index (χ2n) is 7.87. The Kier molecular flexibility index (Phi) is 5.09. The molecule has 2 N–H and O–H groups in total. The summed E-state index contributed by atoms with van der Waals surface area (Å²) in [5.41, 5.74) is 0.571. The highest BCUT2D eigenvalue weighted by molar-refractivity contribution is 8.45. The molecule has 1 atom stereocenters. The molecule has 1 saturated heterocycles. The molecule has 4 rings (SSSR count). The third-order valence-corrected chi connectivity index (χ3v) is 6.64. The first kappa shape index (κ1) is 24.0. The van der Waals surface area contributed by atoms with Gasteiger partial charge in [-0.15, -0.1) is 0 Å². The van der Waals surface area contributed by atoms with Gasteiger partial charge in [0.05, 0.1) is 18.0 Å². The van der Waals surface area contributed by atoms with E-state index in [2.05, 4.69) is 16.7 Å². The molecule has 0 unspecified atom stereocenters. The number of nitrogens with zero attached hydrogens (tertiary/aromatic N) is 4. The molecular weight excluding hydrogens is 490 g/mol. The summed E-state index contributed by atoms with van der Waals surface area (Å²) in [5.74, 6) is -2.50. The molecule has 0 radical (unpaired) electrons. The van der Waals surface area contributed by atoms with Crippen molar-refractivity contribution in [3.63, 3.8) is 0 Å². The fourth-order valence-electron chi connectivity index (χ4n) is 3.77. The zero-order valence-electron chi connectivity index (χ0n) is 17.2. The summed E-state index contributed by atoms with van der Waals surface area (Å²) < 4.78 is 79.7. The molecular formula is C20H18F6N4O3S. The number of hydrogen-bond donors (Lipinski definition) is 2. The fourth-order valence-corrected chi connectivity index (χ4v) is 4.42. The number of halogens is 6. The highest BCUT2D eigenvalue weighted by atomic mass is 32.5. The summed E-state index contributed by atoms with van der Waals surface area (Å²) in [6, 6.07) is 3.52. The van der Waals surface area contributed by atoms with Crippen molar-refractivity contribution in [3.05, 3.63) is 60.2 Å². The SMILES string of the molecule is C=C(F)C(=O)N1CC(c2nn(-c3ccc(S(F)(F)(F)(F)F)cc3)c3nccc([C@@H](O)CO)c23)C1. The fraction of sp³-hybridized carbons (Fsp3) is 0.250. The summed E-state index contributed by atoms with van der Waals surface area (Å²) in [6.07, 6.45) is -0.0634. The minimum atomic E-state index is -9.87.